The van der Waals surface area contributed by atoms with Crippen LogP contribution in [0.1, 0.15) is 19.3 Å². The molecule has 1 aromatic carbocycles. The Labute approximate surface area is 145 Å². The van der Waals surface area contributed by atoms with Gasteiger partial charge in [0.05, 0.1) is 12.0 Å². The minimum absolute atomic E-state index is 0.0835. The first-order valence-electron chi connectivity index (χ1n) is 8.13. The Bertz CT molecular complexity index is 622. The first-order chi connectivity index (χ1) is 11.5. The van der Waals surface area contributed by atoms with Crippen molar-refractivity contribution < 1.29 is 19.8 Å². The molecule has 1 aliphatic carbocycles. The minimum Gasteiger partial charge on any atom is -0.396 e. The smallest absolute Gasteiger partial charge is 0.227 e. The largest absolute Gasteiger partial charge is 0.396 e. The molecule has 0 aromatic heterocycles. The number of aliphatic hydroxyl groups excluding tert-OH is 2. The maximum absolute atomic E-state index is 12.4. The van der Waals surface area contributed by atoms with Crippen molar-refractivity contribution in [1.82, 2.24) is 5.32 Å². The number of nitrogens with zero attached hydrogens (tertiary/aromatic N) is 1. The van der Waals surface area contributed by atoms with Crippen LogP contribution < -0.4 is 10.2 Å². The standard InChI is InChI=1S/C17H21ClN2O4/c18-12-1-3-14(4-2-12)20-8-10(6-16(20)23)17(24)19-13-5-11(9-21)15(22)7-13/h1-4,10-11,13,15,21-22H,5-9H2,(H,19,24)/t10-,11-,13+,15-/m1/s1. The van der Waals surface area contributed by atoms with Gasteiger partial charge in [-0.1, -0.05) is 11.6 Å². The van der Waals surface area contributed by atoms with Gasteiger partial charge in [-0.25, -0.2) is 0 Å². The summed E-state index contributed by atoms with van der Waals surface area (Å²) >= 11 is 5.86. The van der Waals surface area contributed by atoms with Gasteiger partial charge in [-0.05, 0) is 37.1 Å². The summed E-state index contributed by atoms with van der Waals surface area (Å²) in [6.45, 7) is 0.255. The first kappa shape index (κ1) is 17.2. The minimum atomic E-state index is -0.587. The summed E-state index contributed by atoms with van der Waals surface area (Å²) in [6, 6.07) is 6.81. The number of hydrogen-bond acceptors (Lipinski definition) is 4. The molecule has 0 unspecified atom stereocenters. The molecular weight excluding hydrogens is 332 g/mol. The molecule has 3 N–H and O–H groups in total. The van der Waals surface area contributed by atoms with Crippen LogP contribution in [0.4, 0.5) is 5.69 Å². The van der Waals surface area contributed by atoms with E-state index in [1.54, 1.807) is 29.2 Å². The van der Waals surface area contributed by atoms with Gasteiger partial charge in [0.15, 0.2) is 0 Å². The Kier molecular flexibility index (Phi) is 5.08. The highest BCUT2D eigenvalue weighted by Gasteiger charge is 2.38. The fraction of sp³-hybridized carbons (Fsp3) is 0.529. The van der Waals surface area contributed by atoms with E-state index < -0.39 is 12.0 Å². The van der Waals surface area contributed by atoms with Gasteiger partial charge in [0.25, 0.3) is 0 Å². The number of hydrogen-bond donors (Lipinski definition) is 3. The molecule has 1 aromatic rings. The zero-order valence-corrected chi connectivity index (χ0v) is 13.9. The van der Waals surface area contributed by atoms with Crippen LogP contribution in [0.2, 0.25) is 5.02 Å². The Hall–Kier alpha value is -1.63. The third-order valence-corrected chi connectivity index (χ3v) is 5.12. The topological polar surface area (TPSA) is 89.9 Å². The van der Waals surface area contributed by atoms with Crippen LogP contribution in [0, 0.1) is 11.8 Å². The molecule has 24 heavy (non-hydrogen) atoms. The maximum atomic E-state index is 12.4. The second-order valence-corrected chi connectivity index (χ2v) is 7.01. The highest BCUT2D eigenvalue weighted by atomic mass is 35.5. The van der Waals surface area contributed by atoms with E-state index >= 15 is 0 Å². The molecule has 1 heterocycles. The second kappa shape index (κ2) is 7.09. The molecule has 3 rings (SSSR count). The number of anilines is 1. The molecule has 1 saturated heterocycles. The summed E-state index contributed by atoms with van der Waals surface area (Å²) in [6.07, 6.45) is 0.590. The average molecular weight is 353 g/mol. The van der Waals surface area contributed by atoms with Crippen molar-refractivity contribution in [2.45, 2.75) is 31.4 Å². The van der Waals surface area contributed by atoms with E-state index in [4.69, 9.17) is 11.6 Å². The van der Waals surface area contributed by atoms with Gasteiger partial charge in [-0.2, -0.15) is 0 Å². The molecular formula is C17H21ClN2O4. The van der Waals surface area contributed by atoms with E-state index in [1.807, 2.05) is 0 Å². The number of benzene rings is 1. The average Bonchev–Trinajstić information content (AvgIpc) is 3.11. The number of halogens is 1. The monoisotopic (exact) mass is 352 g/mol. The van der Waals surface area contributed by atoms with Crippen LogP contribution in [-0.2, 0) is 9.59 Å². The molecule has 0 spiro atoms. The number of carbonyl (C=O) groups excluding carboxylic acids is 2. The van der Waals surface area contributed by atoms with Crippen LogP contribution >= 0.6 is 11.6 Å². The SMILES string of the molecule is O=C(N[C@H]1C[C@H](CO)[C@H](O)C1)[C@@H]1CC(=O)N(c2ccc(Cl)cc2)C1. The lowest BCUT2D eigenvalue weighted by molar-refractivity contribution is -0.126. The number of carbonyl (C=O) groups is 2. The summed E-state index contributed by atoms with van der Waals surface area (Å²) in [5.74, 6) is -0.850. The van der Waals surface area contributed by atoms with Crippen LogP contribution in [0.25, 0.3) is 0 Å². The highest BCUT2D eigenvalue weighted by Crippen LogP contribution is 2.29. The predicted octanol–water partition coefficient (Wildman–Crippen LogP) is 0.941. The van der Waals surface area contributed by atoms with Gasteiger partial charge >= 0.3 is 0 Å². The van der Waals surface area contributed by atoms with Crippen LogP contribution in [0.15, 0.2) is 24.3 Å². The first-order valence-corrected chi connectivity index (χ1v) is 8.51. The van der Waals surface area contributed by atoms with E-state index in [-0.39, 0.29) is 36.8 Å². The van der Waals surface area contributed by atoms with E-state index in [9.17, 15) is 19.8 Å². The summed E-state index contributed by atoms with van der Waals surface area (Å²) in [5.41, 5.74) is 0.733. The summed E-state index contributed by atoms with van der Waals surface area (Å²) in [7, 11) is 0. The zero-order chi connectivity index (χ0) is 17.3. The van der Waals surface area contributed by atoms with Gasteiger partial charge in [0.2, 0.25) is 11.8 Å². The second-order valence-electron chi connectivity index (χ2n) is 6.57. The van der Waals surface area contributed by atoms with E-state index in [0.29, 0.717) is 24.4 Å². The number of nitrogens with one attached hydrogen (secondary N) is 1. The van der Waals surface area contributed by atoms with Gasteiger partial charge in [-0.3, -0.25) is 9.59 Å². The normalized spacial score (nSPS) is 30.0. The quantitative estimate of drug-likeness (QED) is 0.752. The zero-order valence-electron chi connectivity index (χ0n) is 13.2. The summed E-state index contributed by atoms with van der Waals surface area (Å²) < 4.78 is 0. The Morgan fingerprint density at radius 1 is 1.29 bits per heavy atom. The van der Waals surface area contributed by atoms with Gasteiger partial charge in [0, 0.05) is 42.2 Å². The molecule has 2 aliphatic rings. The molecule has 7 heteroatoms. The van der Waals surface area contributed by atoms with Gasteiger partial charge < -0.3 is 20.4 Å². The third-order valence-electron chi connectivity index (χ3n) is 4.87. The van der Waals surface area contributed by atoms with Gasteiger partial charge in [0.1, 0.15) is 0 Å². The third kappa shape index (κ3) is 3.55. The molecule has 2 amide bonds. The molecule has 1 aliphatic heterocycles. The molecule has 130 valence electrons. The number of rotatable bonds is 4. The highest BCUT2D eigenvalue weighted by molar-refractivity contribution is 6.30. The Morgan fingerprint density at radius 3 is 2.62 bits per heavy atom. The van der Waals surface area contributed by atoms with Crippen molar-refractivity contribution in [2.75, 3.05) is 18.1 Å². The van der Waals surface area contributed by atoms with E-state index in [2.05, 4.69) is 5.32 Å². The maximum Gasteiger partial charge on any atom is 0.227 e. The lowest BCUT2D eigenvalue weighted by Crippen LogP contribution is -2.39. The van der Waals surface area contributed by atoms with Crippen LogP contribution in [0.5, 0.6) is 0 Å². The molecule has 0 radical (unpaired) electrons. The van der Waals surface area contributed by atoms with E-state index in [0.717, 1.165) is 5.69 Å². The van der Waals surface area contributed by atoms with Crippen molar-refractivity contribution in [2.24, 2.45) is 11.8 Å². The molecule has 2 fully saturated rings. The van der Waals surface area contributed by atoms with E-state index in [1.165, 1.54) is 0 Å². The Balaban J connectivity index is 1.59. The molecule has 0 bridgehead atoms. The molecule has 1 saturated carbocycles. The van der Waals surface area contributed by atoms with Crippen molar-refractivity contribution >= 4 is 29.1 Å². The van der Waals surface area contributed by atoms with Crippen molar-refractivity contribution in [3.05, 3.63) is 29.3 Å². The molecule has 6 nitrogen and oxygen atoms in total. The summed E-state index contributed by atoms with van der Waals surface area (Å²) in [4.78, 5) is 26.2. The van der Waals surface area contributed by atoms with Crippen molar-refractivity contribution in [3.63, 3.8) is 0 Å². The number of aliphatic hydroxyl groups is 2. The predicted molar refractivity (Wildman–Crippen MR) is 89.7 cm³/mol. The van der Waals surface area contributed by atoms with Crippen molar-refractivity contribution in [1.29, 1.82) is 0 Å². The fourth-order valence-electron chi connectivity index (χ4n) is 3.49. The van der Waals surface area contributed by atoms with Crippen molar-refractivity contribution in [3.8, 4) is 0 Å². The summed E-state index contributed by atoms with van der Waals surface area (Å²) in [5, 5.41) is 22.5. The molecule has 4 atom stereocenters. The fourth-order valence-corrected chi connectivity index (χ4v) is 3.62. The number of amides is 2. The Morgan fingerprint density at radius 2 is 2.00 bits per heavy atom. The van der Waals surface area contributed by atoms with Crippen LogP contribution in [0.3, 0.4) is 0 Å². The van der Waals surface area contributed by atoms with Crippen LogP contribution in [-0.4, -0.2) is 47.3 Å². The van der Waals surface area contributed by atoms with Gasteiger partial charge in [-0.15, -0.1) is 0 Å². The lowest BCUT2D eigenvalue weighted by atomic mass is 10.1. The lowest BCUT2D eigenvalue weighted by Gasteiger charge is -2.18.